The summed E-state index contributed by atoms with van der Waals surface area (Å²) in [5, 5.41) is 0. The van der Waals surface area contributed by atoms with Crippen LogP contribution in [0.25, 0.3) is 0 Å². The predicted octanol–water partition coefficient (Wildman–Crippen LogP) is 2.62. The van der Waals surface area contributed by atoms with Crippen molar-refractivity contribution < 1.29 is 22.4 Å². The number of likely N-dealkylation sites (N-methyl/N-ethyl adjacent to an activating group) is 1. The lowest BCUT2D eigenvalue weighted by Gasteiger charge is -2.21. The Labute approximate surface area is 120 Å². The molecule has 0 bridgehead atoms. The smallest absolute Gasteiger partial charge is 0.337 e. The Morgan fingerprint density at radius 1 is 1.33 bits per heavy atom. The Hall–Kier alpha value is -1.63. The van der Waals surface area contributed by atoms with Gasteiger partial charge in [-0.15, -0.1) is 0 Å². The third-order valence-electron chi connectivity index (χ3n) is 3.70. The first-order valence-electron chi connectivity index (χ1n) is 6.52. The van der Waals surface area contributed by atoms with Crippen LogP contribution in [0, 0.1) is 5.82 Å². The summed E-state index contributed by atoms with van der Waals surface area (Å²) >= 11 is 0. The van der Waals surface area contributed by atoms with E-state index in [-0.39, 0.29) is 6.04 Å². The van der Waals surface area contributed by atoms with Crippen molar-refractivity contribution in [1.29, 1.82) is 0 Å². The van der Waals surface area contributed by atoms with Crippen LogP contribution in [0.15, 0.2) is 18.2 Å². The van der Waals surface area contributed by atoms with Crippen molar-refractivity contribution in [3.05, 3.63) is 35.1 Å². The Morgan fingerprint density at radius 3 is 2.52 bits per heavy atom. The zero-order chi connectivity index (χ0) is 15.8. The number of hydrogen-bond donors (Lipinski definition) is 0. The fourth-order valence-corrected chi connectivity index (χ4v) is 2.38. The summed E-state index contributed by atoms with van der Waals surface area (Å²) in [5.74, 6) is -1.62. The van der Waals surface area contributed by atoms with Crippen molar-refractivity contribution in [1.82, 2.24) is 9.80 Å². The van der Waals surface area contributed by atoms with Crippen LogP contribution in [0.5, 0.6) is 0 Å². The largest absolute Gasteiger partial charge is 0.416 e. The molecule has 0 aliphatic carbocycles. The van der Waals surface area contributed by atoms with Gasteiger partial charge in [0.1, 0.15) is 5.82 Å². The van der Waals surface area contributed by atoms with Gasteiger partial charge in [0.25, 0.3) is 5.91 Å². The minimum Gasteiger partial charge on any atom is -0.337 e. The molecule has 3 nitrogen and oxygen atoms in total. The molecule has 7 heteroatoms. The fourth-order valence-electron chi connectivity index (χ4n) is 2.38. The molecule has 1 amide bonds. The Balaban J connectivity index is 2.24. The second kappa shape index (κ2) is 5.63. The van der Waals surface area contributed by atoms with E-state index in [1.807, 2.05) is 19.0 Å². The molecule has 1 saturated heterocycles. The number of halogens is 4. The SMILES string of the molecule is CN(C)C1CCN(C(=O)c2cc(C(F)(F)F)ccc2F)C1. The van der Waals surface area contributed by atoms with Crippen LogP contribution in [0.4, 0.5) is 17.6 Å². The van der Waals surface area contributed by atoms with E-state index in [9.17, 15) is 22.4 Å². The second-order valence-electron chi connectivity index (χ2n) is 5.35. The molecule has 0 saturated carbocycles. The lowest BCUT2D eigenvalue weighted by Crippen LogP contribution is -2.35. The Bertz CT molecular complexity index is 542. The number of alkyl halides is 3. The summed E-state index contributed by atoms with van der Waals surface area (Å²) in [7, 11) is 3.73. The molecule has 1 aliphatic rings. The van der Waals surface area contributed by atoms with Crippen LogP contribution in [0.1, 0.15) is 22.3 Å². The third kappa shape index (κ3) is 3.34. The quantitative estimate of drug-likeness (QED) is 0.784. The van der Waals surface area contributed by atoms with Crippen molar-refractivity contribution in [3.63, 3.8) is 0 Å². The molecular weight excluding hydrogens is 288 g/mol. The van der Waals surface area contributed by atoms with Gasteiger partial charge in [0.15, 0.2) is 0 Å². The van der Waals surface area contributed by atoms with Crippen LogP contribution in [0.2, 0.25) is 0 Å². The van der Waals surface area contributed by atoms with E-state index < -0.39 is 29.0 Å². The van der Waals surface area contributed by atoms with Crippen molar-refractivity contribution in [2.24, 2.45) is 0 Å². The Morgan fingerprint density at radius 2 is 2.00 bits per heavy atom. The lowest BCUT2D eigenvalue weighted by molar-refractivity contribution is -0.137. The standard InChI is InChI=1S/C14H16F4N2O/c1-19(2)10-5-6-20(8-10)13(21)11-7-9(14(16,17)18)3-4-12(11)15/h3-4,7,10H,5-6,8H2,1-2H3. The molecule has 1 aromatic rings. The number of hydrogen-bond acceptors (Lipinski definition) is 2. The molecule has 1 aromatic carbocycles. The first-order chi connectivity index (χ1) is 9.70. The zero-order valence-electron chi connectivity index (χ0n) is 11.7. The van der Waals surface area contributed by atoms with Gasteiger partial charge in [-0.1, -0.05) is 0 Å². The van der Waals surface area contributed by atoms with Gasteiger partial charge in [0, 0.05) is 19.1 Å². The Kier molecular flexibility index (Phi) is 4.22. The second-order valence-corrected chi connectivity index (χ2v) is 5.35. The van der Waals surface area contributed by atoms with Crippen LogP contribution in [-0.4, -0.2) is 48.9 Å². The molecule has 0 aromatic heterocycles. The third-order valence-corrected chi connectivity index (χ3v) is 3.70. The van der Waals surface area contributed by atoms with Gasteiger partial charge in [0.2, 0.25) is 0 Å². The van der Waals surface area contributed by atoms with Gasteiger partial charge in [-0.05, 0) is 38.7 Å². The molecule has 1 heterocycles. The van der Waals surface area contributed by atoms with E-state index in [1.165, 1.54) is 4.90 Å². The summed E-state index contributed by atoms with van der Waals surface area (Å²) in [6.45, 7) is 0.804. The highest BCUT2D eigenvalue weighted by atomic mass is 19.4. The van der Waals surface area contributed by atoms with Crippen molar-refractivity contribution in [3.8, 4) is 0 Å². The topological polar surface area (TPSA) is 23.6 Å². The summed E-state index contributed by atoms with van der Waals surface area (Å²) in [5.41, 5.74) is -1.54. The highest BCUT2D eigenvalue weighted by molar-refractivity contribution is 5.95. The molecule has 21 heavy (non-hydrogen) atoms. The molecule has 116 valence electrons. The molecule has 2 rings (SSSR count). The lowest BCUT2D eigenvalue weighted by atomic mass is 10.1. The maximum Gasteiger partial charge on any atom is 0.416 e. The molecular formula is C14H16F4N2O. The summed E-state index contributed by atoms with van der Waals surface area (Å²) in [4.78, 5) is 15.5. The number of carbonyl (C=O) groups excluding carboxylic acids is 1. The number of likely N-dealkylation sites (tertiary alicyclic amines) is 1. The monoisotopic (exact) mass is 304 g/mol. The average molecular weight is 304 g/mol. The van der Waals surface area contributed by atoms with Gasteiger partial charge in [0.05, 0.1) is 11.1 Å². The maximum absolute atomic E-state index is 13.7. The first kappa shape index (κ1) is 15.8. The molecule has 1 aliphatic heterocycles. The number of benzene rings is 1. The minimum atomic E-state index is -4.60. The summed E-state index contributed by atoms with van der Waals surface area (Å²) < 4.78 is 51.7. The molecule has 0 spiro atoms. The van der Waals surface area contributed by atoms with Crippen molar-refractivity contribution in [2.75, 3.05) is 27.2 Å². The van der Waals surface area contributed by atoms with E-state index in [4.69, 9.17) is 0 Å². The van der Waals surface area contributed by atoms with E-state index in [0.717, 1.165) is 6.42 Å². The summed E-state index contributed by atoms with van der Waals surface area (Å²) in [6.07, 6.45) is -3.88. The number of rotatable bonds is 2. The van der Waals surface area contributed by atoms with Gasteiger partial charge < -0.3 is 9.80 Å². The number of nitrogens with zero attached hydrogens (tertiary/aromatic N) is 2. The highest BCUT2D eigenvalue weighted by Crippen LogP contribution is 2.31. The number of amides is 1. The minimum absolute atomic E-state index is 0.141. The fraction of sp³-hybridized carbons (Fsp3) is 0.500. The van der Waals surface area contributed by atoms with Crippen molar-refractivity contribution >= 4 is 5.91 Å². The van der Waals surface area contributed by atoms with Gasteiger partial charge >= 0.3 is 6.18 Å². The molecule has 0 radical (unpaired) electrons. The van der Waals surface area contributed by atoms with E-state index in [1.54, 1.807) is 0 Å². The number of carbonyl (C=O) groups is 1. The van der Waals surface area contributed by atoms with Gasteiger partial charge in [-0.25, -0.2) is 4.39 Å². The molecule has 1 unspecified atom stereocenters. The van der Waals surface area contributed by atoms with Crippen LogP contribution < -0.4 is 0 Å². The van der Waals surface area contributed by atoms with Gasteiger partial charge in [-0.3, -0.25) is 4.79 Å². The molecule has 0 N–H and O–H groups in total. The molecule has 1 atom stereocenters. The summed E-state index contributed by atoms with van der Waals surface area (Å²) in [6, 6.07) is 2.05. The van der Waals surface area contributed by atoms with E-state index in [2.05, 4.69) is 0 Å². The van der Waals surface area contributed by atoms with Gasteiger partial charge in [-0.2, -0.15) is 13.2 Å². The molecule has 1 fully saturated rings. The van der Waals surface area contributed by atoms with Crippen molar-refractivity contribution in [2.45, 2.75) is 18.6 Å². The van der Waals surface area contributed by atoms with E-state index >= 15 is 0 Å². The van der Waals surface area contributed by atoms with Crippen LogP contribution in [0.3, 0.4) is 0 Å². The zero-order valence-corrected chi connectivity index (χ0v) is 11.7. The first-order valence-corrected chi connectivity index (χ1v) is 6.52. The maximum atomic E-state index is 13.7. The predicted molar refractivity (Wildman–Crippen MR) is 69.4 cm³/mol. The average Bonchev–Trinajstić information content (AvgIpc) is 2.86. The highest BCUT2D eigenvalue weighted by Gasteiger charge is 2.34. The normalized spacial score (nSPS) is 19.4. The van der Waals surface area contributed by atoms with Crippen LogP contribution >= 0.6 is 0 Å². The van der Waals surface area contributed by atoms with E-state index in [0.29, 0.717) is 31.3 Å². The van der Waals surface area contributed by atoms with Crippen LogP contribution in [-0.2, 0) is 6.18 Å².